The van der Waals surface area contributed by atoms with E-state index in [4.69, 9.17) is 4.42 Å². The van der Waals surface area contributed by atoms with E-state index in [0.29, 0.717) is 23.3 Å². The number of alkyl halides is 2. The summed E-state index contributed by atoms with van der Waals surface area (Å²) < 4.78 is 29.2. The molecule has 0 atom stereocenters. The van der Waals surface area contributed by atoms with Crippen LogP contribution in [-0.4, -0.2) is 21.9 Å². The topological polar surface area (TPSA) is 70.9 Å². The number of carbonyl (C=O) groups excluding carboxylic acids is 1. The number of aromatic amines is 1. The molecule has 0 aromatic carbocycles. The van der Waals surface area contributed by atoms with Gasteiger partial charge in [-0.1, -0.05) is 11.8 Å². The van der Waals surface area contributed by atoms with E-state index in [1.54, 1.807) is 13.0 Å². The molecule has 0 saturated carbocycles. The Morgan fingerprint density at radius 2 is 2.37 bits per heavy atom. The van der Waals surface area contributed by atoms with Crippen LogP contribution in [0.25, 0.3) is 0 Å². The summed E-state index contributed by atoms with van der Waals surface area (Å²) in [5.74, 6) is -2.15. The minimum Gasteiger partial charge on any atom is -0.455 e. The molecule has 8 heteroatoms. The van der Waals surface area contributed by atoms with Crippen LogP contribution in [0.4, 0.5) is 14.6 Å². The summed E-state index contributed by atoms with van der Waals surface area (Å²) in [6.45, 7) is 1.80. The highest BCUT2D eigenvalue weighted by atomic mass is 32.2. The average molecular weight is 287 g/mol. The van der Waals surface area contributed by atoms with Crippen molar-refractivity contribution in [1.29, 1.82) is 0 Å². The molecule has 2 aromatic rings. The lowest BCUT2D eigenvalue weighted by Crippen LogP contribution is -2.11. The minimum atomic E-state index is -2.46. The maximum absolute atomic E-state index is 12.0. The fourth-order valence-electron chi connectivity index (χ4n) is 1.38. The Kier molecular flexibility index (Phi) is 4.20. The van der Waals surface area contributed by atoms with E-state index < -0.39 is 11.7 Å². The van der Waals surface area contributed by atoms with Crippen molar-refractivity contribution in [3.05, 3.63) is 35.4 Å². The monoisotopic (exact) mass is 287 g/mol. The van der Waals surface area contributed by atoms with Gasteiger partial charge in [0.05, 0.1) is 5.75 Å². The zero-order valence-electron chi connectivity index (χ0n) is 9.94. The number of carbonyl (C=O) groups is 1. The molecule has 5 nitrogen and oxygen atoms in total. The third kappa shape index (κ3) is 3.82. The molecular weight excluding hydrogens is 276 g/mol. The molecule has 0 radical (unpaired) electrons. The lowest BCUT2D eigenvalue weighted by molar-refractivity contribution is 0.0995. The summed E-state index contributed by atoms with van der Waals surface area (Å²) in [6.07, 6.45) is 0. The third-order valence-electron chi connectivity index (χ3n) is 2.18. The van der Waals surface area contributed by atoms with Crippen LogP contribution in [0.2, 0.25) is 0 Å². The number of H-pyrrole nitrogens is 1. The molecule has 0 aliphatic carbocycles. The Hall–Kier alpha value is -1.83. The van der Waals surface area contributed by atoms with Gasteiger partial charge in [-0.3, -0.25) is 9.89 Å². The van der Waals surface area contributed by atoms with Gasteiger partial charge in [0.25, 0.3) is 11.7 Å². The molecule has 0 aliphatic heterocycles. The van der Waals surface area contributed by atoms with Crippen LogP contribution >= 0.6 is 11.8 Å². The first-order valence-corrected chi connectivity index (χ1v) is 6.41. The lowest BCUT2D eigenvalue weighted by Gasteiger charge is -1.98. The molecule has 2 aromatic heterocycles. The number of nitrogens with one attached hydrogen (secondary N) is 2. The van der Waals surface area contributed by atoms with Crippen LogP contribution in [0, 0.1) is 6.92 Å². The number of anilines is 1. The molecule has 1 amide bonds. The second-order valence-electron chi connectivity index (χ2n) is 3.73. The molecule has 102 valence electrons. The third-order valence-corrected chi connectivity index (χ3v) is 2.89. The number of aryl methyl sites for hydroxylation is 1. The van der Waals surface area contributed by atoms with Crippen molar-refractivity contribution in [1.82, 2.24) is 10.2 Å². The zero-order valence-corrected chi connectivity index (χ0v) is 10.8. The van der Waals surface area contributed by atoms with Gasteiger partial charge in [0.2, 0.25) is 0 Å². The Morgan fingerprint density at radius 1 is 1.58 bits per heavy atom. The molecule has 0 saturated heterocycles. The van der Waals surface area contributed by atoms with E-state index in [9.17, 15) is 13.6 Å². The van der Waals surface area contributed by atoms with Gasteiger partial charge >= 0.3 is 0 Å². The maximum atomic E-state index is 12.0. The molecular formula is C11H11F2N3O2S. The van der Waals surface area contributed by atoms with Crippen molar-refractivity contribution in [2.75, 3.05) is 5.32 Å². The number of thioether (sulfide) groups is 1. The van der Waals surface area contributed by atoms with Gasteiger partial charge in [0.1, 0.15) is 5.76 Å². The first-order valence-electron chi connectivity index (χ1n) is 5.36. The number of furan rings is 1. The fraction of sp³-hybridized carbons (Fsp3) is 0.273. The van der Waals surface area contributed by atoms with Gasteiger partial charge in [-0.15, -0.1) is 0 Å². The van der Waals surface area contributed by atoms with Crippen LogP contribution in [0.15, 0.2) is 22.6 Å². The number of halogens is 2. The van der Waals surface area contributed by atoms with Crippen LogP contribution in [0.5, 0.6) is 0 Å². The van der Waals surface area contributed by atoms with Crippen LogP contribution < -0.4 is 5.32 Å². The first-order chi connectivity index (χ1) is 9.04. The number of nitrogens with zero attached hydrogens (tertiary/aromatic N) is 1. The summed E-state index contributed by atoms with van der Waals surface area (Å²) in [5.41, 5.74) is 0.809. The van der Waals surface area contributed by atoms with E-state index in [2.05, 4.69) is 15.5 Å². The predicted octanol–water partition coefficient (Wildman–Crippen LogP) is 3.02. The van der Waals surface area contributed by atoms with Crippen molar-refractivity contribution >= 4 is 23.5 Å². The Balaban J connectivity index is 1.96. The highest BCUT2D eigenvalue weighted by molar-refractivity contribution is 7.98. The Labute approximate surface area is 111 Å². The molecule has 19 heavy (non-hydrogen) atoms. The summed E-state index contributed by atoms with van der Waals surface area (Å²) >= 11 is 0.441. The van der Waals surface area contributed by atoms with E-state index in [1.807, 2.05) is 0 Å². The molecule has 0 aliphatic rings. The Bertz CT molecular complexity index is 568. The lowest BCUT2D eigenvalue weighted by atomic mass is 10.4. The van der Waals surface area contributed by atoms with Crippen molar-refractivity contribution in [2.45, 2.75) is 18.4 Å². The Morgan fingerprint density at radius 3 is 3.00 bits per heavy atom. The van der Waals surface area contributed by atoms with Gasteiger partial charge in [0, 0.05) is 11.8 Å². The molecule has 0 fully saturated rings. The van der Waals surface area contributed by atoms with E-state index in [0.717, 1.165) is 5.69 Å². The van der Waals surface area contributed by atoms with Gasteiger partial charge in [-0.25, -0.2) is 0 Å². The van der Waals surface area contributed by atoms with Crippen molar-refractivity contribution in [2.24, 2.45) is 0 Å². The highest BCUT2D eigenvalue weighted by Gasteiger charge is 2.13. The van der Waals surface area contributed by atoms with Gasteiger partial charge in [-0.2, -0.15) is 13.9 Å². The molecule has 2 rings (SSSR count). The number of amides is 1. The van der Waals surface area contributed by atoms with Gasteiger partial charge in [0.15, 0.2) is 11.6 Å². The summed E-state index contributed by atoms with van der Waals surface area (Å²) in [7, 11) is 0. The molecule has 2 N–H and O–H groups in total. The van der Waals surface area contributed by atoms with Crippen molar-refractivity contribution < 1.29 is 18.0 Å². The maximum Gasteiger partial charge on any atom is 0.292 e. The smallest absolute Gasteiger partial charge is 0.292 e. The normalized spacial score (nSPS) is 10.9. The van der Waals surface area contributed by atoms with E-state index in [1.165, 1.54) is 12.1 Å². The van der Waals surface area contributed by atoms with E-state index >= 15 is 0 Å². The number of hydrogen-bond donors (Lipinski definition) is 2. The van der Waals surface area contributed by atoms with Gasteiger partial charge in [-0.05, 0) is 19.1 Å². The second kappa shape index (κ2) is 5.87. The number of aromatic nitrogens is 2. The van der Waals surface area contributed by atoms with Gasteiger partial charge < -0.3 is 9.73 Å². The van der Waals surface area contributed by atoms with Crippen molar-refractivity contribution in [3.63, 3.8) is 0 Å². The predicted molar refractivity (Wildman–Crippen MR) is 67.3 cm³/mol. The zero-order chi connectivity index (χ0) is 13.8. The van der Waals surface area contributed by atoms with Crippen molar-refractivity contribution in [3.8, 4) is 0 Å². The van der Waals surface area contributed by atoms with Crippen LogP contribution in [-0.2, 0) is 5.75 Å². The largest absolute Gasteiger partial charge is 0.455 e. The quantitative estimate of drug-likeness (QED) is 0.886. The number of hydrogen-bond acceptors (Lipinski definition) is 4. The number of rotatable bonds is 5. The molecule has 0 bridgehead atoms. The summed E-state index contributed by atoms with van der Waals surface area (Å²) in [5, 5.41) is 9.05. The molecule has 0 unspecified atom stereocenters. The fourth-order valence-corrected chi connectivity index (χ4v) is 1.83. The second-order valence-corrected chi connectivity index (χ2v) is 4.71. The summed E-state index contributed by atoms with van der Waals surface area (Å²) in [6, 6.07) is 4.60. The van der Waals surface area contributed by atoms with Crippen LogP contribution in [0.1, 0.15) is 22.0 Å². The van der Waals surface area contributed by atoms with E-state index in [-0.39, 0.29) is 11.5 Å². The highest BCUT2D eigenvalue weighted by Crippen LogP contribution is 2.21. The average Bonchev–Trinajstić information content (AvgIpc) is 2.95. The minimum absolute atomic E-state index is 0.0203. The first kappa shape index (κ1) is 13.6. The molecule has 0 spiro atoms. The molecule has 2 heterocycles. The summed E-state index contributed by atoms with van der Waals surface area (Å²) in [4.78, 5) is 11.8. The van der Waals surface area contributed by atoms with Crippen LogP contribution in [0.3, 0.4) is 0 Å². The SMILES string of the molecule is Cc1cc(NC(=O)c2ccc(CSC(F)F)o2)n[nH]1. The standard InChI is InChI=1S/C11H11F2N3O2S/c1-6-4-9(16-15-6)14-10(17)8-3-2-7(18-8)5-19-11(12)13/h2-4,11H,5H2,1H3,(H2,14,15,16,17).